The van der Waals surface area contributed by atoms with Crippen LogP contribution in [0.3, 0.4) is 0 Å². The molecule has 1 saturated carbocycles. The number of allylic oxidation sites excluding steroid dienone is 1. The van der Waals surface area contributed by atoms with Crippen LogP contribution in [0.25, 0.3) is 27.5 Å². The highest BCUT2D eigenvalue weighted by Crippen LogP contribution is 2.45. The number of aromatic nitrogens is 5. The van der Waals surface area contributed by atoms with E-state index in [9.17, 15) is 13.5 Å². The lowest BCUT2D eigenvalue weighted by Gasteiger charge is -2.34. The van der Waals surface area contributed by atoms with Gasteiger partial charge in [-0.25, -0.2) is 15.0 Å². The lowest BCUT2D eigenvalue weighted by atomic mass is 10.1. The van der Waals surface area contributed by atoms with Crippen molar-refractivity contribution in [1.82, 2.24) is 24.5 Å². The summed E-state index contributed by atoms with van der Waals surface area (Å²) >= 11 is 0. The number of nitrogens with one attached hydrogen (secondary N) is 1. The first-order valence-corrected chi connectivity index (χ1v) is 13.3. The molecule has 34 heavy (non-hydrogen) atoms. The van der Waals surface area contributed by atoms with Crippen molar-refractivity contribution in [2.45, 2.75) is 38.1 Å². The third-order valence-electron chi connectivity index (χ3n) is 6.77. The van der Waals surface area contributed by atoms with Crippen LogP contribution >= 0.6 is 10.6 Å². The molecule has 10 heteroatoms. The topological polar surface area (TPSA) is 109 Å². The van der Waals surface area contributed by atoms with Gasteiger partial charge in [-0.15, -0.1) is 0 Å². The molecule has 0 spiro atoms. The normalized spacial score (nSPS) is 19.4. The first-order chi connectivity index (χ1) is 16.5. The summed E-state index contributed by atoms with van der Waals surface area (Å²) in [4.78, 5) is 17.6. The molecule has 0 aromatic carbocycles. The second kappa shape index (κ2) is 8.30. The Labute approximate surface area is 197 Å². The molecule has 0 radical (unpaired) electrons. The number of hydrogen-bond donors (Lipinski definition) is 3. The van der Waals surface area contributed by atoms with Crippen molar-refractivity contribution in [3.8, 4) is 0 Å². The van der Waals surface area contributed by atoms with Crippen molar-refractivity contribution in [2.75, 3.05) is 16.8 Å². The van der Waals surface area contributed by atoms with Gasteiger partial charge in [-0.1, -0.05) is 18.9 Å². The maximum absolute atomic E-state index is 14.8. The largest absolute Gasteiger partial charge is 0.318 e. The summed E-state index contributed by atoms with van der Waals surface area (Å²) in [5.74, 6) is 1.20. The highest BCUT2D eigenvalue weighted by atomic mass is 32.3. The number of halogens is 1. The predicted molar refractivity (Wildman–Crippen MR) is 133 cm³/mol. The maximum atomic E-state index is 14.8. The SMILES string of the molecule is OS1(O)CC=C(c2ccc(Nc3ncc4c5ccnc(F)c5n(C5CCCC5)c4n3)nc2)CC1. The van der Waals surface area contributed by atoms with E-state index in [0.717, 1.165) is 47.6 Å². The van der Waals surface area contributed by atoms with Crippen molar-refractivity contribution in [2.24, 2.45) is 0 Å². The molecule has 4 aromatic heterocycles. The Hall–Kier alpha value is -3.08. The second-order valence-electron chi connectivity index (χ2n) is 8.95. The summed E-state index contributed by atoms with van der Waals surface area (Å²) in [6.45, 7) is 0. The molecule has 0 atom stereocenters. The Kier molecular flexibility index (Phi) is 5.23. The fourth-order valence-corrected chi connectivity index (χ4v) is 6.21. The smallest absolute Gasteiger partial charge is 0.237 e. The maximum Gasteiger partial charge on any atom is 0.237 e. The van der Waals surface area contributed by atoms with Crippen LogP contribution in [-0.4, -0.2) is 45.1 Å². The van der Waals surface area contributed by atoms with Crippen molar-refractivity contribution < 1.29 is 13.5 Å². The quantitative estimate of drug-likeness (QED) is 0.312. The van der Waals surface area contributed by atoms with Crippen LogP contribution < -0.4 is 5.32 Å². The molecule has 176 valence electrons. The first kappa shape index (κ1) is 21.5. The number of anilines is 2. The zero-order valence-electron chi connectivity index (χ0n) is 18.5. The summed E-state index contributed by atoms with van der Waals surface area (Å²) in [7, 11) is -2.47. The highest BCUT2D eigenvalue weighted by Gasteiger charge is 2.25. The van der Waals surface area contributed by atoms with Gasteiger partial charge in [0.1, 0.15) is 17.0 Å². The lowest BCUT2D eigenvalue weighted by Crippen LogP contribution is -2.12. The number of hydrogen-bond acceptors (Lipinski definition) is 7. The molecule has 1 fully saturated rings. The van der Waals surface area contributed by atoms with E-state index in [1.807, 2.05) is 28.8 Å². The van der Waals surface area contributed by atoms with Gasteiger partial charge in [0.15, 0.2) is 0 Å². The second-order valence-corrected chi connectivity index (χ2v) is 11.3. The Balaban J connectivity index is 1.33. The Morgan fingerprint density at radius 3 is 2.62 bits per heavy atom. The zero-order valence-corrected chi connectivity index (χ0v) is 19.3. The van der Waals surface area contributed by atoms with Crippen molar-refractivity contribution >= 4 is 49.9 Å². The molecule has 8 nitrogen and oxygen atoms in total. The third kappa shape index (κ3) is 3.81. The van der Waals surface area contributed by atoms with Gasteiger partial charge in [0.25, 0.3) is 0 Å². The van der Waals surface area contributed by atoms with E-state index < -0.39 is 16.5 Å². The fraction of sp³-hybridized carbons (Fsp3) is 0.333. The highest BCUT2D eigenvalue weighted by molar-refractivity contribution is 8.24. The van der Waals surface area contributed by atoms with E-state index in [1.54, 1.807) is 12.4 Å². The molecule has 2 aliphatic rings. The van der Waals surface area contributed by atoms with E-state index in [-0.39, 0.29) is 6.04 Å². The molecule has 0 unspecified atom stereocenters. The van der Waals surface area contributed by atoms with Crippen LogP contribution in [0.4, 0.5) is 16.2 Å². The first-order valence-electron chi connectivity index (χ1n) is 11.5. The molecule has 6 rings (SSSR count). The van der Waals surface area contributed by atoms with Crippen LogP contribution in [0.15, 0.2) is 42.9 Å². The van der Waals surface area contributed by atoms with Gasteiger partial charge < -0.3 is 9.88 Å². The number of nitrogens with zero attached hydrogens (tertiary/aromatic N) is 5. The van der Waals surface area contributed by atoms with Crippen molar-refractivity contribution in [3.05, 3.63) is 54.4 Å². The molecular weight excluding hydrogens is 455 g/mol. The molecular formula is C24H25FN6O2S. The van der Waals surface area contributed by atoms with Gasteiger partial charge in [0.2, 0.25) is 11.9 Å². The minimum Gasteiger partial charge on any atom is -0.318 e. The van der Waals surface area contributed by atoms with Gasteiger partial charge in [0, 0.05) is 41.2 Å². The van der Waals surface area contributed by atoms with Crippen LogP contribution in [0.2, 0.25) is 0 Å². The van der Waals surface area contributed by atoms with E-state index in [4.69, 9.17) is 4.98 Å². The van der Waals surface area contributed by atoms with Gasteiger partial charge >= 0.3 is 0 Å². The van der Waals surface area contributed by atoms with Crippen LogP contribution in [0, 0.1) is 5.95 Å². The molecule has 1 aliphatic heterocycles. The minimum absolute atomic E-state index is 0.195. The predicted octanol–water partition coefficient (Wildman–Crippen LogP) is 5.91. The standard InChI is InChI=1S/C24H25FN6O2S/c25-22-21-18(7-10-26-22)19-14-28-24(30-23(19)31(21)17-3-1-2-4-17)29-20-6-5-16(13-27-20)15-8-11-34(32,33)12-9-15/h5-8,10,13-14,17,32-33H,1-4,9,11-12H2,(H,27,28,29,30). The molecule has 4 aromatic rings. The lowest BCUT2D eigenvalue weighted by molar-refractivity contribution is 0.489. The average Bonchev–Trinajstić information content (AvgIpc) is 3.46. The summed E-state index contributed by atoms with van der Waals surface area (Å²) in [6, 6.07) is 5.82. The minimum atomic E-state index is -2.47. The van der Waals surface area contributed by atoms with E-state index >= 15 is 0 Å². The number of rotatable bonds is 4. The zero-order chi connectivity index (χ0) is 23.3. The summed E-state index contributed by atoms with van der Waals surface area (Å²) in [6.07, 6.45) is 11.7. The van der Waals surface area contributed by atoms with Crippen LogP contribution in [-0.2, 0) is 0 Å². The summed E-state index contributed by atoms with van der Waals surface area (Å²) in [5, 5.41) is 4.76. The molecule has 0 bridgehead atoms. The summed E-state index contributed by atoms with van der Waals surface area (Å²) in [5.41, 5.74) is 3.23. The Morgan fingerprint density at radius 1 is 1.03 bits per heavy atom. The van der Waals surface area contributed by atoms with Gasteiger partial charge in [0.05, 0.1) is 5.75 Å². The van der Waals surface area contributed by atoms with Crippen molar-refractivity contribution in [1.29, 1.82) is 0 Å². The number of fused-ring (bicyclic) bond motifs is 3. The van der Waals surface area contributed by atoms with E-state index in [0.29, 0.717) is 40.9 Å². The van der Waals surface area contributed by atoms with Crippen LogP contribution in [0.1, 0.15) is 43.7 Å². The Bertz CT molecular complexity index is 1410. The Morgan fingerprint density at radius 2 is 1.88 bits per heavy atom. The molecule has 5 heterocycles. The average molecular weight is 481 g/mol. The molecule has 3 N–H and O–H groups in total. The van der Waals surface area contributed by atoms with Gasteiger partial charge in [-0.05, 0) is 48.6 Å². The summed E-state index contributed by atoms with van der Waals surface area (Å²) < 4.78 is 36.4. The molecule has 1 aliphatic carbocycles. The fourth-order valence-electron chi connectivity index (χ4n) is 5.03. The van der Waals surface area contributed by atoms with Crippen molar-refractivity contribution in [3.63, 3.8) is 0 Å². The van der Waals surface area contributed by atoms with Crippen LogP contribution in [0.5, 0.6) is 0 Å². The van der Waals surface area contributed by atoms with Gasteiger partial charge in [-0.2, -0.15) is 20.0 Å². The van der Waals surface area contributed by atoms with Gasteiger partial charge in [-0.3, -0.25) is 9.11 Å². The van der Waals surface area contributed by atoms with E-state index in [1.165, 1.54) is 6.20 Å². The molecule has 0 amide bonds. The monoisotopic (exact) mass is 480 g/mol. The molecule has 0 saturated heterocycles. The van der Waals surface area contributed by atoms with E-state index in [2.05, 4.69) is 20.3 Å². The third-order valence-corrected chi connectivity index (χ3v) is 8.32. The number of pyridine rings is 2.